The molecule has 2 aromatic rings. The smallest absolute Gasteiger partial charge is 0.391 e. The predicted octanol–water partition coefficient (Wildman–Crippen LogP) is 1.81. The van der Waals surface area contributed by atoms with E-state index < -0.39 is 12.1 Å². The van der Waals surface area contributed by atoms with Crippen molar-refractivity contribution in [2.75, 3.05) is 26.2 Å². The van der Waals surface area contributed by atoms with Gasteiger partial charge in [0.2, 0.25) is 11.8 Å². The minimum Gasteiger partial charge on any atom is -0.391 e. The first kappa shape index (κ1) is 19.9. The van der Waals surface area contributed by atoms with Gasteiger partial charge in [-0.05, 0) is 25.0 Å². The minimum atomic E-state index is -0.512. The Morgan fingerprint density at radius 2 is 1.68 bits per heavy atom. The van der Waals surface area contributed by atoms with E-state index in [-0.39, 0.29) is 11.8 Å². The number of aryl methyl sites for hydroxylation is 1. The van der Waals surface area contributed by atoms with E-state index in [0.717, 1.165) is 11.4 Å². The van der Waals surface area contributed by atoms with Crippen molar-refractivity contribution in [3.8, 4) is 11.6 Å². The molecular weight excluding hydrogens is 358 g/mol. The van der Waals surface area contributed by atoms with Crippen LogP contribution in [0.1, 0.15) is 19.5 Å². The lowest BCUT2D eigenvalue weighted by Crippen LogP contribution is -2.55. The lowest BCUT2D eigenvalue weighted by molar-refractivity contribution is -0.135. The summed E-state index contributed by atoms with van der Waals surface area (Å²) in [5, 5.41) is 4.40. The summed E-state index contributed by atoms with van der Waals surface area (Å²) in [5.74, 6) is 0.381. The molecular formula is C20H27N5O3. The molecule has 0 radical (unpaired) electrons. The van der Waals surface area contributed by atoms with E-state index in [2.05, 4.69) is 5.10 Å². The molecule has 2 heterocycles. The first-order valence-corrected chi connectivity index (χ1v) is 9.50. The maximum Gasteiger partial charge on any atom is 0.416 e. The van der Waals surface area contributed by atoms with Gasteiger partial charge in [0.1, 0.15) is 0 Å². The average molecular weight is 385 g/mol. The highest BCUT2D eigenvalue weighted by atomic mass is 16.6. The second-order valence-electron chi connectivity index (χ2n) is 7.32. The Bertz CT molecular complexity index is 826. The SMILES string of the molecule is Cc1cc(OC(=O)N2CCN(C(=O)[C@@H](N)C(C)C)CC2)n(-c2ccccc2)n1. The number of amides is 2. The highest BCUT2D eigenvalue weighted by molar-refractivity contribution is 5.82. The zero-order valence-corrected chi connectivity index (χ0v) is 16.5. The summed E-state index contributed by atoms with van der Waals surface area (Å²) in [7, 11) is 0. The standard InChI is InChI=1S/C20H27N5O3/c1-14(2)18(21)19(26)23-9-11-24(12-10-23)20(27)28-17-13-15(3)22-25(17)16-7-5-4-6-8-16/h4-8,13-14,18H,9-12,21H2,1-3H3/t18-/m0/s1. The van der Waals surface area contributed by atoms with Crippen molar-refractivity contribution in [3.05, 3.63) is 42.1 Å². The fraction of sp³-hybridized carbons (Fsp3) is 0.450. The number of aromatic nitrogens is 2. The zero-order valence-electron chi connectivity index (χ0n) is 16.5. The fourth-order valence-electron chi connectivity index (χ4n) is 3.06. The Morgan fingerprint density at radius 1 is 1.07 bits per heavy atom. The molecule has 1 aliphatic heterocycles. The summed E-state index contributed by atoms with van der Waals surface area (Å²) in [4.78, 5) is 28.3. The maximum atomic E-state index is 12.6. The number of hydrogen-bond donors (Lipinski definition) is 1. The number of carbonyl (C=O) groups is 2. The Balaban J connectivity index is 1.62. The molecule has 150 valence electrons. The summed E-state index contributed by atoms with van der Waals surface area (Å²) < 4.78 is 7.21. The van der Waals surface area contributed by atoms with Crippen LogP contribution in [0, 0.1) is 12.8 Å². The highest BCUT2D eigenvalue weighted by Crippen LogP contribution is 2.20. The number of hydrogen-bond acceptors (Lipinski definition) is 5. The average Bonchev–Trinajstić information content (AvgIpc) is 3.07. The summed E-state index contributed by atoms with van der Waals surface area (Å²) in [5.41, 5.74) is 7.53. The minimum absolute atomic E-state index is 0.0687. The van der Waals surface area contributed by atoms with Crippen molar-refractivity contribution < 1.29 is 14.3 Å². The molecule has 1 fully saturated rings. The van der Waals surface area contributed by atoms with Gasteiger partial charge in [-0.1, -0.05) is 32.0 Å². The van der Waals surface area contributed by atoms with Gasteiger partial charge in [-0.25, -0.2) is 9.48 Å². The van der Waals surface area contributed by atoms with Gasteiger partial charge in [-0.2, -0.15) is 5.10 Å². The number of nitrogens with zero attached hydrogens (tertiary/aromatic N) is 4. The Hall–Kier alpha value is -2.87. The van der Waals surface area contributed by atoms with Crippen LogP contribution in [0.25, 0.3) is 5.69 Å². The van der Waals surface area contributed by atoms with Crippen LogP contribution < -0.4 is 10.5 Å². The molecule has 1 saturated heterocycles. The number of para-hydroxylation sites is 1. The molecule has 2 N–H and O–H groups in total. The van der Waals surface area contributed by atoms with Crippen LogP contribution in [-0.2, 0) is 4.79 Å². The van der Waals surface area contributed by atoms with Gasteiger partial charge in [0, 0.05) is 32.2 Å². The molecule has 8 nitrogen and oxygen atoms in total. The van der Waals surface area contributed by atoms with Crippen LogP contribution in [0.2, 0.25) is 0 Å². The van der Waals surface area contributed by atoms with Crippen molar-refractivity contribution >= 4 is 12.0 Å². The van der Waals surface area contributed by atoms with E-state index in [9.17, 15) is 9.59 Å². The van der Waals surface area contributed by atoms with Crippen LogP contribution in [0.15, 0.2) is 36.4 Å². The van der Waals surface area contributed by atoms with Crippen LogP contribution in [0.3, 0.4) is 0 Å². The molecule has 0 aliphatic carbocycles. The number of nitrogens with two attached hydrogens (primary N) is 1. The van der Waals surface area contributed by atoms with E-state index in [1.807, 2.05) is 51.1 Å². The highest BCUT2D eigenvalue weighted by Gasteiger charge is 2.29. The summed E-state index contributed by atoms with van der Waals surface area (Å²) in [6.45, 7) is 7.42. The van der Waals surface area contributed by atoms with Crippen molar-refractivity contribution in [1.29, 1.82) is 0 Å². The van der Waals surface area contributed by atoms with E-state index in [1.165, 1.54) is 0 Å². The Labute approximate surface area is 164 Å². The molecule has 1 aliphatic rings. The van der Waals surface area contributed by atoms with E-state index in [1.54, 1.807) is 20.5 Å². The molecule has 0 unspecified atom stereocenters. The van der Waals surface area contributed by atoms with E-state index >= 15 is 0 Å². The third-order valence-corrected chi connectivity index (χ3v) is 4.84. The third-order valence-electron chi connectivity index (χ3n) is 4.84. The number of ether oxygens (including phenoxy) is 1. The van der Waals surface area contributed by atoms with Gasteiger partial charge in [0.25, 0.3) is 0 Å². The Kier molecular flexibility index (Phi) is 5.99. The first-order valence-electron chi connectivity index (χ1n) is 9.50. The monoisotopic (exact) mass is 385 g/mol. The molecule has 0 saturated carbocycles. The molecule has 28 heavy (non-hydrogen) atoms. The first-order chi connectivity index (χ1) is 13.4. The molecule has 1 atom stereocenters. The molecule has 0 bridgehead atoms. The third kappa shape index (κ3) is 4.33. The number of carbonyl (C=O) groups excluding carboxylic acids is 2. The van der Waals surface area contributed by atoms with Crippen LogP contribution in [0.4, 0.5) is 4.79 Å². The van der Waals surface area contributed by atoms with Gasteiger partial charge in [-0.3, -0.25) is 4.79 Å². The molecule has 3 rings (SSSR count). The number of piperazine rings is 1. The number of benzene rings is 1. The van der Waals surface area contributed by atoms with Crippen LogP contribution in [0.5, 0.6) is 5.88 Å². The van der Waals surface area contributed by atoms with E-state index in [4.69, 9.17) is 10.5 Å². The normalized spacial score (nSPS) is 15.6. The second-order valence-corrected chi connectivity index (χ2v) is 7.32. The lowest BCUT2D eigenvalue weighted by atomic mass is 10.0. The Morgan fingerprint density at radius 3 is 2.29 bits per heavy atom. The van der Waals surface area contributed by atoms with Crippen molar-refractivity contribution in [2.45, 2.75) is 26.8 Å². The predicted molar refractivity (Wildman–Crippen MR) is 105 cm³/mol. The number of rotatable bonds is 4. The lowest BCUT2D eigenvalue weighted by Gasteiger charge is -2.35. The fourth-order valence-corrected chi connectivity index (χ4v) is 3.06. The summed E-state index contributed by atoms with van der Waals surface area (Å²) in [6.07, 6.45) is -0.447. The molecule has 8 heteroatoms. The van der Waals surface area contributed by atoms with Crippen LogP contribution in [-0.4, -0.2) is 63.8 Å². The van der Waals surface area contributed by atoms with Gasteiger partial charge in [0.15, 0.2) is 0 Å². The molecule has 0 spiro atoms. The zero-order chi connectivity index (χ0) is 20.3. The van der Waals surface area contributed by atoms with E-state index in [0.29, 0.717) is 32.1 Å². The quantitative estimate of drug-likeness (QED) is 0.866. The summed E-state index contributed by atoms with van der Waals surface area (Å²) >= 11 is 0. The van der Waals surface area contributed by atoms with Gasteiger partial charge < -0.3 is 20.3 Å². The van der Waals surface area contributed by atoms with Crippen molar-refractivity contribution in [3.63, 3.8) is 0 Å². The van der Waals surface area contributed by atoms with Gasteiger partial charge in [0.05, 0.1) is 17.4 Å². The maximum absolute atomic E-state index is 12.6. The molecule has 1 aromatic carbocycles. The van der Waals surface area contributed by atoms with Crippen molar-refractivity contribution in [2.24, 2.45) is 11.7 Å². The van der Waals surface area contributed by atoms with Gasteiger partial charge in [-0.15, -0.1) is 0 Å². The van der Waals surface area contributed by atoms with Crippen LogP contribution >= 0.6 is 0 Å². The largest absolute Gasteiger partial charge is 0.416 e. The summed E-state index contributed by atoms with van der Waals surface area (Å²) in [6, 6.07) is 10.7. The topological polar surface area (TPSA) is 93.7 Å². The van der Waals surface area contributed by atoms with Gasteiger partial charge >= 0.3 is 6.09 Å². The second kappa shape index (κ2) is 8.43. The molecule has 1 aromatic heterocycles. The van der Waals surface area contributed by atoms with Crippen molar-refractivity contribution in [1.82, 2.24) is 19.6 Å². The molecule has 2 amide bonds.